The van der Waals surface area contributed by atoms with Crippen molar-refractivity contribution in [3.63, 3.8) is 0 Å². The Bertz CT molecular complexity index is 430. The molecule has 0 aliphatic carbocycles. The lowest BCUT2D eigenvalue weighted by Crippen LogP contribution is -2.59. The number of amides is 2. The van der Waals surface area contributed by atoms with E-state index >= 15 is 0 Å². The van der Waals surface area contributed by atoms with Crippen molar-refractivity contribution < 1.29 is 9.59 Å². The molecule has 0 N–H and O–H groups in total. The van der Waals surface area contributed by atoms with Gasteiger partial charge in [0.1, 0.15) is 4.87 Å². The molecule has 21 heavy (non-hydrogen) atoms. The molecule has 2 heterocycles. The summed E-state index contributed by atoms with van der Waals surface area (Å²) in [6.07, 6.45) is 1.99. The van der Waals surface area contributed by atoms with Gasteiger partial charge in [-0.1, -0.05) is 34.6 Å². The molecule has 2 saturated heterocycles. The Hall–Kier alpha value is -0.710. The molecule has 2 aliphatic heterocycles. The standard InChI is InChI=1S/C16H28N2O2S/c1-12(2)13(19)18-9-10-21-16(18)7-6-8-17(11-16)14(20)15(3,4)5/h12H,6-11H2,1-5H3. The molecule has 1 atom stereocenters. The van der Waals surface area contributed by atoms with Crippen LogP contribution in [-0.2, 0) is 9.59 Å². The molecule has 1 unspecified atom stereocenters. The molecular formula is C16H28N2O2S. The zero-order chi connectivity index (χ0) is 15.8. The van der Waals surface area contributed by atoms with Crippen LogP contribution in [0.1, 0.15) is 47.5 Å². The largest absolute Gasteiger partial charge is 0.339 e. The SMILES string of the molecule is CC(C)C(=O)N1CCSC12CCCN(C(=O)C(C)(C)C)C2. The molecule has 0 radical (unpaired) electrons. The molecule has 0 aromatic rings. The van der Waals surface area contributed by atoms with Crippen LogP contribution < -0.4 is 0 Å². The zero-order valence-electron chi connectivity index (χ0n) is 13.9. The van der Waals surface area contributed by atoms with Gasteiger partial charge in [-0.2, -0.15) is 0 Å². The van der Waals surface area contributed by atoms with E-state index in [9.17, 15) is 9.59 Å². The number of carbonyl (C=O) groups excluding carboxylic acids is 2. The topological polar surface area (TPSA) is 40.6 Å². The number of nitrogens with zero attached hydrogens (tertiary/aromatic N) is 2. The van der Waals surface area contributed by atoms with E-state index in [1.165, 1.54) is 0 Å². The molecule has 120 valence electrons. The lowest BCUT2D eigenvalue weighted by Gasteiger charge is -2.46. The summed E-state index contributed by atoms with van der Waals surface area (Å²) in [6, 6.07) is 0. The van der Waals surface area contributed by atoms with E-state index in [0.717, 1.165) is 31.7 Å². The predicted octanol–water partition coefficient (Wildman–Crippen LogP) is 2.58. The molecule has 4 nitrogen and oxygen atoms in total. The van der Waals surface area contributed by atoms with Crippen LogP contribution in [0.2, 0.25) is 0 Å². The average molecular weight is 312 g/mol. The molecule has 2 rings (SSSR count). The summed E-state index contributed by atoms with van der Waals surface area (Å²) >= 11 is 1.86. The van der Waals surface area contributed by atoms with Crippen LogP contribution in [0.15, 0.2) is 0 Å². The Morgan fingerprint density at radius 2 is 1.86 bits per heavy atom. The predicted molar refractivity (Wildman–Crippen MR) is 87.0 cm³/mol. The number of piperidine rings is 1. The first-order valence-corrected chi connectivity index (χ1v) is 8.91. The van der Waals surface area contributed by atoms with Crippen LogP contribution in [0.3, 0.4) is 0 Å². The molecule has 0 aromatic heterocycles. The number of hydrogen-bond donors (Lipinski definition) is 0. The monoisotopic (exact) mass is 312 g/mol. The first-order valence-electron chi connectivity index (χ1n) is 7.92. The summed E-state index contributed by atoms with van der Waals surface area (Å²) in [6.45, 7) is 12.1. The molecule has 1 spiro atoms. The van der Waals surface area contributed by atoms with E-state index in [-0.39, 0.29) is 28.0 Å². The maximum atomic E-state index is 12.6. The third-order valence-electron chi connectivity index (χ3n) is 4.30. The van der Waals surface area contributed by atoms with Gasteiger partial charge in [0.05, 0.1) is 6.54 Å². The van der Waals surface area contributed by atoms with Gasteiger partial charge in [0, 0.05) is 30.2 Å². The second-order valence-electron chi connectivity index (χ2n) is 7.52. The van der Waals surface area contributed by atoms with Crippen molar-refractivity contribution in [3.05, 3.63) is 0 Å². The summed E-state index contributed by atoms with van der Waals surface area (Å²) in [4.78, 5) is 28.9. The van der Waals surface area contributed by atoms with Gasteiger partial charge >= 0.3 is 0 Å². The number of likely N-dealkylation sites (tertiary alicyclic amines) is 1. The Kier molecular flexibility index (Phi) is 4.62. The first-order chi connectivity index (χ1) is 9.67. The van der Waals surface area contributed by atoms with Crippen molar-refractivity contribution in [1.29, 1.82) is 0 Å². The lowest BCUT2D eigenvalue weighted by molar-refractivity contribution is -0.146. The van der Waals surface area contributed by atoms with Crippen LogP contribution in [0.4, 0.5) is 0 Å². The second kappa shape index (κ2) is 5.82. The van der Waals surface area contributed by atoms with Gasteiger partial charge in [-0.15, -0.1) is 11.8 Å². The highest BCUT2D eigenvalue weighted by Gasteiger charge is 2.48. The second-order valence-corrected chi connectivity index (χ2v) is 8.98. The minimum Gasteiger partial charge on any atom is -0.339 e. The van der Waals surface area contributed by atoms with Crippen molar-refractivity contribution >= 4 is 23.6 Å². The van der Waals surface area contributed by atoms with Crippen LogP contribution in [-0.4, -0.2) is 51.9 Å². The average Bonchev–Trinajstić information content (AvgIpc) is 2.78. The van der Waals surface area contributed by atoms with Crippen LogP contribution >= 0.6 is 11.8 Å². The van der Waals surface area contributed by atoms with E-state index in [1.54, 1.807) is 0 Å². The highest BCUT2D eigenvalue weighted by molar-refractivity contribution is 8.00. The number of rotatable bonds is 1. The van der Waals surface area contributed by atoms with Gasteiger partial charge in [0.15, 0.2) is 0 Å². The van der Waals surface area contributed by atoms with Gasteiger partial charge in [-0.05, 0) is 12.8 Å². The van der Waals surface area contributed by atoms with Gasteiger partial charge in [0.25, 0.3) is 0 Å². The first kappa shape index (κ1) is 16.7. The Morgan fingerprint density at radius 3 is 2.43 bits per heavy atom. The van der Waals surface area contributed by atoms with E-state index in [2.05, 4.69) is 0 Å². The molecule has 5 heteroatoms. The zero-order valence-corrected chi connectivity index (χ0v) is 14.8. The molecular weight excluding hydrogens is 284 g/mol. The van der Waals surface area contributed by atoms with Gasteiger partial charge in [-0.25, -0.2) is 0 Å². The normalized spacial score (nSPS) is 26.8. The van der Waals surface area contributed by atoms with E-state index in [1.807, 2.05) is 56.2 Å². The Morgan fingerprint density at radius 1 is 1.19 bits per heavy atom. The molecule has 2 amide bonds. The smallest absolute Gasteiger partial charge is 0.228 e. The van der Waals surface area contributed by atoms with Crippen molar-refractivity contribution in [3.8, 4) is 0 Å². The fraction of sp³-hybridized carbons (Fsp3) is 0.875. The highest BCUT2D eigenvalue weighted by atomic mass is 32.2. The minimum absolute atomic E-state index is 0.0225. The summed E-state index contributed by atoms with van der Waals surface area (Å²) in [5.74, 6) is 1.43. The third-order valence-corrected chi connectivity index (χ3v) is 5.78. The molecule has 0 bridgehead atoms. The van der Waals surface area contributed by atoms with E-state index in [4.69, 9.17) is 0 Å². The summed E-state index contributed by atoms with van der Waals surface area (Å²) < 4.78 is 0. The van der Waals surface area contributed by atoms with Gasteiger partial charge < -0.3 is 9.80 Å². The van der Waals surface area contributed by atoms with Crippen LogP contribution in [0, 0.1) is 11.3 Å². The van der Waals surface area contributed by atoms with E-state index < -0.39 is 0 Å². The Labute approximate surface area is 132 Å². The van der Waals surface area contributed by atoms with E-state index in [0.29, 0.717) is 6.54 Å². The number of thioether (sulfide) groups is 1. The lowest BCUT2D eigenvalue weighted by atomic mass is 9.92. The summed E-state index contributed by atoms with van der Waals surface area (Å²) in [5.41, 5.74) is -0.352. The van der Waals surface area contributed by atoms with Gasteiger partial charge in [-0.3, -0.25) is 9.59 Å². The number of hydrogen-bond acceptors (Lipinski definition) is 3. The maximum absolute atomic E-state index is 12.6. The molecule has 2 aliphatic rings. The van der Waals surface area contributed by atoms with Crippen molar-refractivity contribution in [1.82, 2.24) is 9.80 Å². The summed E-state index contributed by atoms with van der Waals surface area (Å²) in [5, 5.41) is 0. The molecule has 0 aromatic carbocycles. The fourth-order valence-corrected chi connectivity index (χ4v) is 4.75. The fourth-order valence-electron chi connectivity index (χ4n) is 3.22. The van der Waals surface area contributed by atoms with Crippen molar-refractivity contribution in [2.75, 3.05) is 25.4 Å². The Balaban J connectivity index is 2.19. The number of carbonyl (C=O) groups is 2. The molecule has 2 fully saturated rings. The van der Waals surface area contributed by atoms with Crippen LogP contribution in [0.25, 0.3) is 0 Å². The van der Waals surface area contributed by atoms with Crippen molar-refractivity contribution in [2.24, 2.45) is 11.3 Å². The minimum atomic E-state index is -0.352. The third kappa shape index (κ3) is 3.22. The highest BCUT2D eigenvalue weighted by Crippen LogP contribution is 2.43. The quantitative estimate of drug-likeness (QED) is 0.747. The maximum Gasteiger partial charge on any atom is 0.228 e. The summed E-state index contributed by atoms with van der Waals surface area (Å²) in [7, 11) is 0. The van der Waals surface area contributed by atoms with Gasteiger partial charge in [0.2, 0.25) is 11.8 Å². The van der Waals surface area contributed by atoms with Crippen LogP contribution in [0.5, 0.6) is 0 Å². The van der Waals surface area contributed by atoms with Crippen molar-refractivity contribution in [2.45, 2.75) is 52.3 Å². The molecule has 0 saturated carbocycles.